The third-order valence-electron chi connectivity index (χ3n) is 4.79. The summed E-state index contributed by atoms with van der Waals surface area (Å²) in [4.78, 5) is 14.3. The van der Waals surface area contributed by atoms with E-state index in [1.165, 1.54) is 11.3 Å². The van der Waals surface area contributed by atoms with Crippen molar-refractivity contribution in [2.24, 2.45) is 0 Å². The van der Waals surface area contributed by atoms with Gasteiger partial charge in [-0.15, -0.1) is 11.3 Å². The van der Waals surface area contributed by atoms with Crippen molar-refractivity contribution in [3.63, 3.8) is 0 Å². The Morgan fingerprint density at radius 3 is 2.79 bits per heavy atom. The summed E-state index contributed by atoms with van der Waals surface area (Å²) in [5, 5.41) is 2.89. The Balaban J connectivity index is 1.40. The molecule has 0 saturated heterocycles. The highest BCUT2D eigenvalue weighted by molar-refractivity contribution is 9.10. The lowest BCUT2D eigenvalue weighted by atomic mass is 10.1. The fourth-order valence-corrected chi connectivity index (χ4v) is 6.83. The molecule has 148 valence electrons. The second kappa shape index (κ2) is 6.86. The van der Waals surface area contributed by atoms with Crippen LogP contribution in [0, 0.1) is 0 Å². The number of thiophene rings is 1. The number of rotatable bonds is 3. The Labute approximate surface area is 179 Å². The van der Waals surface area contributed by atoms with Crippen LogP contribution < -0.4 is 14.8 Å². The predicted octanol–water partition coefficient (Wildman–Crippen LogP) is 4.12. The number of amides is 1. The maximum absolute atomic E-state index is 12.7. The molecule has 2 aromatic carbocycles. The van der Waals surface area contributed by atoms with E-state index in [-0.39, 0.29) is 18.5 Å². The number of carbonyl (C=O) groups is 1. The van der Waals surface area contributed by atoms with Crippen molar-refractivity contribution >= 4 is 43.0 Å². The van der Waals surface area contributed by atoms with Gasteiger partial charge >= 0.3 is 0 Å². The summed E-state index contributed by atoms with van der Waals surface area (Å²) in [5.74, 6) is 1.02. The zero-order valence-corrected chi connectivity index (χ0v) is 18.1. The second-order valence-corrected chi connectivity index (χ2v) is 10.7. The molecule has 1 N–H and O–H groups in total. The van der Waals surface area contributed by atoms with Gasteiger partial charge in [-0.3, -0.25) is 4.79 Å². The largest absolute Gasteiger partial charge is 0.454 e. The maximum Gasteiger partial charge on any atom is 0.261 e. The van der Waals surface area contributed by atoms with Gasteiger partial charge in [-0.05, 0) is 41.5 Å². The van der Waals surface area contributed by atoms with Gasteiger partial charge in [0.15, 0.2) is 21.3 Å². The first-order valence-corrected chi connectivity index (χ1v) is 12.0. The third-order valence-corrected chi connectivity index (χ3v) is 8.19. The topological polar surface area (TPSA) is 81.7 Å². The first-order chi connectivity index (χ1) is 13.9. The van der Waals surface area contributed by atoms with Gasteiger partial charge in [-0.25, -0.2) is 8.42 Å². The highest BCUT2D eigenvalue weighted by Gasteiger charge is 2.31. The van der Waals surface area contributed by atoms with Crippen LogP contribution in [-0.4, -0.2) is 21.1 Å². The van der Waals surface area contributed by atoms with E-state index in [0.29, 0.717) is 43.4 Å². The fraction of sp³-hybridized carbons (Fsp3) is 0.150. The van der Waals surface area contributed by atoms with Gasteiger partial charge in [0.25, 0.3) is 5.91 Å². The standard InChI is InChI=1S/C20H14BrNO5S2/c21-13-2-3-14-18(7-13)29(24,25)9-12-6-17(28-19(12)14)20(23)22-8-11-1-4-15-16(5-11)27-10-26-15/h1-7H,8-10H2,(H,22,23). The SMILES string of the molecule is O=C(NCc1ccc2c(c1)OCO2)c1cc2c(s1)-c1ccc(Br)cc1S(=O)(=O)C2. The van der Waals surface area contributed by atoms with Crippen LogP contribution in [0.4, 0.5) is 0 Å². The quantitative estimate of drug-likeness (QED) is 0.595. The summed E-state index contributed by atoms with van der Waals surface area (Å²) >= 11 is 4.64. The van der Waals surface area contributed by atoms with Crippen molar-refractivity contribution < 1.29 is 22.7 Å². The number of benzene rings is 2. The molecule has 9 heteroatoms. The third kappa shape index (κ3) is 3.33. The summed E-state index contributed by atoms with van der Waals surface area (Å²) < 4.78 is 36.6. The minimum absolute atomic E-state index is 0.0995. The number of hydrogen-bond acceptors (Lipinski definition) is 6. The number of fused-ring (bicyclic) bond motifs is 4. The van der Waals surface area contributed by atoms with Gasteiger partial charge in [0.1, 0.15) is 0 Å². The predicted molar refractivity (Wildman–Crippen MR) is 112 cm³/mol. The maximum atomic E-state index is 12.7. The summed E-state index contributed by atoms with van der Waals surface area (Å²) in [7, 11) is -3.43. The molecule has 0 spiro atoms. The molecule has 0 unspecified atom stereocenters. The summed E-state index contributed by atoms with van der Waals surface area (Å²) in [6.07, 6.45) is 0. The van der Waals surface area contributed by atoms with Crippen LogP contribution in [0.2, 0.25) is 0 Å². The van der Waals surface area contributed by atoms with Crippen LogP contribution in [0.5, 0.6) is 11.5 Å². The first kappa shape index (κ1) is 18.7. The van der Waals surface area contributed by atoms with Crippen molar-refractivity contribution in [2.45, 2.75) is 17.2 Å². The highest BCUT2D eigenvalue weighted by atomic mass is 79.9. The molecule has 29 heavy (non-hydrogen) atoms. The molecule has 0 saturated carbocycles. The number of carbonyl (C=O) groups excluding carboxylic acids is 1. The molecule has 2 aliphatic rings. The van der Waals surface area contributed by atoms with Crippen LogP contribution in [0.3, 0.4) is 0 Å². The molecule has 6 nitrogen and oxygen atoms in total. The van der Waals surface area contributed by atoms with Crippen LogP contribution >= 0.6 is 27.3 Å². The molecule has 0 radical (unpaired) electrons. The fourth-order valence-electron chi connectivity index (χ4n) is 3.42. The number of ether oxygens (including phenoxy) is 2. The molecule has 0 fully saturated rings. The lowest BCUT2D eigenvalue weighted by Gasteiger charge is -2.16. The zero-order chi connectivity index (χ0) is 20.2. The summed E-state index contributed by atoms with van der Waals surface area (Å²) in [6.45, 7) is 0.534. The molecule has 5 rings (SSSR count). The summed E-state index contributed by atoms with van der Waals surface area (Å²) in [6, 6.07) is 12.4. The van der Waals surface area contributed by atoms with Crippen molar-refractivity contribution in [2.75, 3.05) is 6.79 Å². The van der Waals surface area contributed by atoms with Crippen LogP contribution in [0.15, 0.2) is 51.8 Å². The minimum atomic E-state index is -3.43. The van der Waals surface area contributed by atoms with Gasteiger partial charge in [-0.1, -0.05) is 28.1 Å². The molecule has 0 bridgehead atoms. The van der Waals surface area contributed by atoms with Gasteiger partial charge in [0, 0.05) is 21.5 Å². The Morgan fingerprint density at radius 1 is 1.10 bits per heavy atom. The Bertz CT molecular complexity index is 1270. The van der Waals surface area contributed by atoms with E-state index in [2.05, 4.69) is 21.2 Å². The van der Waals surface area contributed by atoms with Gasteiger partial charge < -0.3 is 14.8 Å². The summed E-state index contributed by atoms with van der Waals surface area (Å²) in [5.41, 5.74) is 2.20. The Morgan fingerprint density at radius 2 is 1.93 bits per heavy atom. The van der Waals surface area contributed by atoms with Crippen LogP contribution in [-0.2, 0) is 22.1 Å². The minimum Gasteiger partial charge on any atom is -0.454 e. The molecule has 3 heterocycles. The molecule has 1 aromatic heterocycles. The van der Waals surface area contributed by atoms with E-state index >= 15 is 0 Å². The smallest absolute Gasteiger partial charge is 0.261 e. The lowest BCUT2D eigenvalue weighted by molar-refractivity contribution is 0.0955. The molecule has 3 aromatic rings. The number of hydrogen-bond donors (Lipinski definition) is 1. The van der Waals surface area contributed by atoms with Crippen molar-refractivity contribution in [1.29, 1.82) is 0 Å². The van der Waals surface area contributed by atoms with Gasteiger partial charge in [0.05, 0.1) is 15.5 Å². The normalized spacial score (nSPS) is 15.5. The molecule has 0 aliphatic carbocycles. The van der Waals surface area contributed by atoms with Gasteiger partial charge in [-0.2, -0.15) is 0 Å². The monoisotopic (exact) mass is 491 g/mol. The van der Waals surface area contributed by atoms with E-state index in [1.807, 2.05) is 24.3 Å². The zero-order valence-electron chi connectivity index (χ0n) is 14.9. The van der Waals surface area contributed by atoms with E-state index in [9.17, 15) is 13.2 Å². The second-order valence-electron chi connectivity index (χ2n) is 6.73. The van der Waals surface area contributed by atoms with E-state index in [4.69, 9.17) is 9.47 Å². The van der Waals surface area contributed by atoms with Crippen LogP contribution in [0.1, 0.15) is 20.8 Å². The number of nitrogens with one attached hydrogen (secondary N) is 1. The van der Waals surface area contributed by atoms with E-state index in [1.54, 1.807) is 18.2 Å². The average Bonchev–Trinajstić information content (AvgIpc) is 3.32. The number of halogens is 1. The Hall–Kier alpha value is -2.36. The Kier molecular flexibility index (Phi) is 4.41. The highest BCUT2D eigenvalue weighted by Crippen LogP contribution is 2.43. The van der Waals surface area contributed by atoms with Crippen LogP contribution in [0.25, 0.3) is 10.4 Å². The molecule has 2 aliphatic heterocycles. The van der Waals surface area contributed by atoms with Gasteiger partial charge in [0.2, 0.25) is 6.79 Å². The molecule has 0 atom stereocenters. The number of sulfone groups is 1. The molecule has 1 amide bonds. The van der Waals surface area contributed by atoms with Crippen molar-refractivity contribution in [3.8, 4) is 21.9 Å². The lowest BCUT2D eigenvalue weighted by Crippen LogP contribution is -2.21. The van der Waals surface area contributed by atoms with E-state index < -0.39 is 9.84 Å². The van der Waals surface area contributed by atoms with E-state index in [0.717, 1.165) is 10.4 Å². The molecular formula is C20H14BrNO5S2. The van der Waals surface area contributed by atoms with Crippen molar-refractivity contribution in [1.82, 2.24) is 5.32 Å². The average molecular weight is 492 g/mol. The molecular weight excluding hydrogens is 478 g/mol. The van der Waals surface area contributed by atoms with Crippen molar-refractivity contribution in [3.05, 3.63) is 62.9 Å². The first-order valence-electron chi connectivity index (χ1n) is 8.73.